The van der Waals surface area contributed by atoms with Gasteiger partial charge >= 0.3 is 0 Å². The molecular formula is C15H20N4. The minimum Gasteiger partial charge on any atom is -0.382 e. The summed E-state index contributed by atoms with van der Waals surface area (Å²) in [7, 11) is 0. The van der Waals surface area contributed by atoms with Gasteiger partial charge in [-0.1, -0.05) is 13.8 Å². The molecule has 0 amide bonds. The lowest BCUT2D eigenvalue weighted by Crippen LogP contribution is -2.37. The Morgan fingerprint density at radius 1 is 1.11 bits per heavy atom. The standard InChI is InChI=1S/C15H20N4/c1-11(2)12-9-14(10-12)18-13-3-5-15(6-4-13)19-16-7-8-17-19/h3-8,11-12,14,18H,9-10H2,1-2H3. The average molecular weight is 256 g/mol. The van der Waals surface area contributed by atoms with Crippen LogP contribution < -0.4 is 5.32 Å². The van der Waals surface area contributed by atoms with Crippen molar-refractivity contribution in [2.45, 2.75) is 32.7 Å². The van der Waals surface area contributed by atoms with Crippen molar-refractivity contribution in [1.82, 2.24) is 15.0 Å². The van der Waals surface area contributed by atoms with Crippen molar-refractivity contribution in [3.8, 4) is 5.69 Å². The molecule has 1 fully saturated rings. The van der Waals surface area contributed by atoms with Crippen LogP contribution in [0.4, 0.5) is 5.69 Å². The summed E-state index contributed by atoms with van der Waals surface area (Å²) in [5.74, 6) is 1.70. The second kappa shape index (κ2) is 5.03. The lowest BCUT2D eigenvalue weighted by molar-refractivity contribution is 0.212. The van der Waals surface area contributed by atoms with Crippen molar-refractivity contribution in [2.24, 2.45) is 11.8 Å². The number of aromatic nitrogens is 3. The predicted octanol–water partition coefficient (Wildman–Crippen LogP) is 3.11. The Bertz CT molecular complexity index is 510. The molecule has 0 spiro atoms. The lowest BCUT2D eigenvalue weighted by Gasteiger charge is -2.39. The second-order valence-electron chi connectivity index (χ2n) is 5.68. The number of nitrogens with zero attached hydrogens (tertiary/aromatic N) is 3. The molecule has 0 bridgehead atoms. The molecule has 1 heterocycles. The predicted molar refractivity (Wildman–Crippen MR) is 76.3 cm³/mol. The van der Waals surface area contributed by atoms with Crippen LogP contribution >= 0.6 is 0 Å². The van der Waals surface area contributed by atoms with E-state index < -0.39 is 0 Å². The fourth-order valence-corrected chi connectivity index (χ4v) is 2.60. The summed E-state index contributed by atoms with van der Waals surface area (Å²) < 4.78 is 0. The van der Waals surface area contributed by atoms with Gasteiger partial charge in [0.25, 0.3) is 0 Å². The van der Waals surface area contributed by atoms with Crippen molar-refractivity contribution in [3.05, 3.63) is 36.7 Å². The summed E-state index contributed by atoms with van der Waals surface area (Å²) in [4.78, 5) is 1.63. The maximum absolute atomic E-state index is 4.12. The van der Waals surface area contributed by atoms with Crippen LogP contribution in [0.3, 0.4) is 0 Å². The van der Waals surface area contributed by atoms with Gasteiger partial charge in [-0.05, 0) is 48.9 Å². The van der Waals surface area contributed by atoms with Crippen LogP contribution in [0.25, 0.3) is 5.69 Å². The quantitative estimate of drug-likeness (QED) is 0.914. The second-order valence-corrected chi connectivity index (χ2v) is 5.68. The summed E-state index contributed by atoms with van der Waals surface area (Å²) in [6.07, 6.45) is 5.96. The van der Waals surface area contributed by atoms with Gasteiger partial charge in [0.1, 0.15) is 0 Å². The van der Waals surface area contributed by atoms with E-state index in [0.717, 1.165) is 17.5 Å². The molecule has 1 aliphatic carbocycles. The lowest BCUT2D eigenvalue weighted by atomic mass is 9.73. The summed E-state index contributed by atoms with van der Waals surface area (Å²) in [5, 5.41) is 11.8. The number of hydrogen-bond donors (Lipinski definition) is 1. The highest BCUT2D eigenvalue weighted by molar-refractivity contribution is 5.49. The Kier molecular flexibility index (Phi) is 3.23. The molecule has 0 atom stereocenters. The molecule has 100 valence electrons. The normalized spacial score (nSPS) is 22.3. The van der Waals surface area contributed by atoms with E-state index in [1.807, 2.05) is 12.1 Å². The van der Waals surface area contributed by atoms with Crippen molar-refractivity contribution >= 4 is 5.69 Å². The molecule has 1 aromatic carbocycles. The molecule has 0 saturated heterocycles. The zero-order valence-electron chi connectivity index (χ0n) is 11.5. The van der Waals surface area contributed by atoms with Crippen LogP contribution in [0, 0.1) is 11.8 Å². The molecule has 3 rings (SSSR count). The Morgan fingerprint density at radius 3 is 2.32 bits per heavy atom. The van der Waals surface area contributed by atoms with Crippen molar-refractivity contribution < 1.29 is 0 Å². The first-order valence-corrected chi connectivity index (χ1v) is 6.95. The summed E-state index contributed by atoms with van der Waals surface area (Å²) in [6, 6.07) is 8.92. The molecular weight excluding hydrogens is 236 g/mol. The monoisotopic (exact) mass is 256 g/mol. The minimum atomic E-state index is 0.640. The summed E-state index contributed by atoms with van der Waals surface area (Å²) in [5.41, 5.74) is 2.17. The zero-order valence-corrected chi connectivity index (χ0v) is 11.5. The van der Waals surface area contributed by atoms with Crippen LogP contribution in [0.2, 0.25) is 0 Å². The highest BCUT2D eigenvalue weighted by atomic mass is 15.5. The fraction of sp³-hybridized carbons (Fsp3) is 0.467. The zero-order chi connectivity index (χ0) is 13.2. The van der Waals surface area contributed by atoms with Crippen LogP contribution in [0.5, 0.6) is 0 Å². The van der Waals surface area contributed by atoms with Crippen LogP contribution in [-0.2, 0) is 0 Å². The van der Waals surface area contributed by atoms with Crippen molar-refractivity contribution in [1.29, 1.82) is 0 Å². The van der Waals surface area contributed by atoms with E-state index in [-0.39, 0.29) is 0 Å². The van der Waals surface area contributed by atoms with Crippen LogP contribution in [0.1, 0.15) is 26.7 Å². The van der Waals surface area contributed by atoms with Gasteiger partial charge in [0.15, 0.2) is 0 Å². The Labute approximate surface area is 113 Å². The minimum absolute atomic E-state index is 0.640. The van der Waals surface area contributed by atoms with Crippen LogP contribution in [-0.4, -0.2) is 21.0 Å². The van der Waals surface area contributed by atoms with E-state index in [4.69, 9.17) is 0 Å². The van der Waals surface area contributed by atoms with Gasteiger partial charge in [0.05, 0.1) is 18.1 Å². The van der Waals surface area contributed by atoms with Gasteiger partial charge in [-0.3, -0.25) is 0 Å². The molecule has 1 aliphatic rings. The first-order chi connectivity index (χ1) is 9.22. The average Bonchev–Trinajstić information content (AvgIpc) is 2.87. The smallest absolute Gasteiger partial charge is 0.0858 e. The van der Waals surface area contributed by atoms with Crippen molar-refractivity contribution in [3.63, 3.8) is 0 Å². The number of benzene rings is 1. The number of anilines is 1. The number of hydrogen-bond acceptors (Lipinski definition) is 3. The largest absolute Gasteiger partial charge is 0.382 e. The van der Waals surface area contributed by atoms with Gasteiger partial charge in [0, 0.05) is 11.7 Å². The van der Waals surface area contributed by atoms with Crippen molar-refractivity contribution in [2.75, 3.05) is 5.32 Å². The molecule has 4 nitrogen and oxygen atoms in total. The van der Waals surface area contributed by atoms with E-state index in [1.54, 1.807) is 17.2 Å². The third-order valence-electron chi connectivity index (χ3n) is 4.01. The highest BCUT2D eigenvalue weighted by Gasteiger charge is 2.30. The molecule has 4 heteroatoms. The van der Waals surface area contributed by atoms with Gasteiger partial charge in [0.2, 0.25) is 0 Å². The first kappa shape index (κ1) is 12.2. The number of rotatable bonds is 4. The number of nitrogens with one attached hydrogen (secondary N) is 1. The molecule has 1 aromatic heterocycles. The molecule has 19 heavy (non-hydrogen) atoms. The van der Waals surface area contributed by atoms with E-state index in [0.29, 0.717) is 6.04 Å². The van der Waals surface area contributed by atoms with E-state index >= 15 is 0 Å². The first-order valence-electron chi connectivity index (χ1n) is 6.95. The molecule has 1 N–H and O–H groups in total. The SMILES string of the molecule is CC(C)C1CC(Nc2ccc(-n3nccn3)cc2)C1. The highest BCUT2D eigenvalue weighted by Crippen LogP contribution is 2.35. The van der Waals surface area contributed by atoms with Gasteiger partial charge in [-0.2, -0.15) is 15.0 Å². The maximum Gasteiger partial charge on any atom is 0.0858 e. The van der Waals surface area contributed by atoms with Gasteiger partial charge in [-0.25, -0.2) is 0 Å². The summed E-state index contributed by atoms with van der Waals surface area (Å²) >= 11 is 0. The van der Waals surface area contributed by atoms with E-state index in [1.165, 1.54) is 18.5 Å². The Hall–Kier alpha value is -1.84. The van der Waals surface area contributed by atoms with E-state index in [9.17, 15) is 0 Å². The topological polar surface area (TPSA) is 42.7 Å². The molecule has 2 aromatic rings. The molecule has 1 saturated carbocycles. The summed E-state index contributed by atoms with van der Waals surface area (Å²) in [6.45, 7) is 4.62. The van der Waals surface area contributed by atoms with E-state index in [2.05, 4.69) is 41.5 Å². The van der Waals surface area contributed by atoms with Gasteiger partial charge < -0.3 is 5.32 Å². The van der Waals surface area contributed by atoms with Gasteiger partial charge in [-0.15, -0.1) is 0 Å². The third kappa shape index (κ3) is 2.62. The molecule has 0 radical (unpaired) electrons. The Morgan fingerprint density at radius 2 is 1.74 bits per heavy atom. The maximum atomic E-state index is 4.12. The third-order valence-corrected chi connectivity index (χ3v) is 4.01. The van der Waals surface area contributed by atoms with Crippen LogP contribution in [0.15, 0.2) is 36.7 Å². The molecule has 0 aliphatic heterocycles. The Balaban J connectivity index is 1.59. The fourth-order valence-electron chi connectivity index (χ4n) is 2.60. The molecule has 0 unspecified atom stereocenters.